The number of hydrogen-bond acceptors (Lipinski definition) is 10. The Hall–Kier alpha value is -2.04. The Morgan fingerprint density at radius 2 is 0.721 bits per heavy atom. The van der Waals surface area contributed by atoms with Crippen molar-refractivity contribution in [3.05, 3.63) is 24.3 Å². The second-order valence-corrected chi connectivity index (χ2v) is 20.6. The zero-order valence-electron chi connectivity index (χ0n) is 44.1. The topological polar surface area (TPSA) is 155 Å². The van der Waals surface area contributed by atoms with Crippen LogP contribution in [0.1, 0.15) is 278 Å². The predicted molar refractivity (Wildman–Crippen MR) is 280 cm³/mol. The van der Waals surface area contributed by atoms with E-state index in [9.17, 15) is 28.9 Å². The van der Waals surface area contributed by atoms with Crippen molar-refractivity contribution in [2.45, 2.75) is 290 Å². The highest BCUT2D eigenvalue weighted by atomic mass is 31.2. The van der Waals surface area contributed by atoms with E-state index < -0.39 is 57.8 Å². The van der Waals surface area contributed by atoms with Gasteiger partial charge in [0.2, 0.25) is 0 Å². The molecule has 0 saturated heterocycles. The van der Waals surface area contributed by atoms with Gasteiger partial charge in [0, 0.05) is 19.3 Å². The zero-order valence-corrected chi connectivity index (χ0v) is 45.0. The third-order valence-corrected chi connectivity index (χ3v) is 13.3. The summed E-state index contributed by atoms with van der Waals surface area (Å²) in [6.07, 6.45) is 49.9. The number of hydrogen-bond donors (Lipinski definition) is 2. The second-order valence-electron chi connectivity index (χ2n) is 19.1. The van der Waals surface area contributed by atoms with Crippen molar-refractivity contribution >= 4 is 25.7 Å². The van der Waals surface area contributed by atoms with Gasteiger partial charge in [0.05, 0.1) is 19.8 Å². The van der Waals surface area contributed by atoms with Gasteiger partial charge in [-0.05, 0) is 51.4 Å². The maximum atomic E-state index is 12.9. The van der Waals surface area contributed by atoms with Crippen LogP contribution in [0.2, 0.25) is 0 Å². The molecule has 0 aliphatic carbocycles. The highest BCUT2D eigenvalue weighted by Gasteiger charge is 2.28. The zero-order chi connectivity index (χ0) is 49.9. The van der Waals surface area contributed by atoms with Gasteiger partial charge >= 0.3 is 25.7 Å². The van der Waals surface area contributed by atoms with Gasteiger partial charge in [-0.3, -0.25) is 23.4 Å². The number of rotatable bonds is 53. The maximum absolute atomic E-state index is 12.9. The fraction of sp³-hybridized carbons (Fsp3) is 0.875. The summed E-state index contributed by atoms with van der Waals surface area (Å²) >= 11 is 0. The third-order valence-electron chi connectivity index (χ3n) is 12.4. The quantitative estimate of drug-likeness (QED) is 0.0197. The molecule has 0 heterocycles. The summed E-state index contributed by atoms with van der Waals surface area (Å²) in [5, 5.41) is 9.79. The predicted octanol–water partition coefficient (Wildman–Crippen LogP) is 16.3. The summed E-state index contributed by atoms with van der Waals surface area (Å²) in [4.78, 5) is 48.4. The Morgan fingerprint density at radius 3 is 1.12 bits per heavy atom. The second kappa shape index (κ2) is 51.3. The van der Waals surface area contributed by atoms with Crippen molar-refractivity contribution in [1.29, 1.82) is 0 Å². The van der Waals surface area contributed by atoms with Crippen molar-refractivity contribution < 1.29 is 52.2 Å². The highest BCUT2D eigenvalue weighted by Crippen LogP contribution is 2.43. The molecule has 0 aromatic carbocycles. The van der Waals surface area contributed by atoms with Crippen LogP contribution in [0.5, 0.6) is 0 Å². The Labute approximate surface area is 417 Å². The molecule has 0 aliphatic rings. The number of carbonyl (C=O) groups excluding carboxylic acids is 3. The third kappa shape index (κ3) is 49.0. The molecule has 400 valence electrons. The minimum Gasteiger partial charge on any atom is -0.462 e. The van der Waals surface area contributed by atoms with Crippen LogP contribution in [0.25, 0.3) is 0 Å². The van der Waals surface area contributed by atoms with Crippen LogP contribution >= 0.6 is 7.82 Å². The Kier molecular flexibility index (Phi) is 49.8. The standard InChI is InChI=1S/C56H105O11P/c1-4-7-10-13-16-19-22-25-26-29-30-33-36-39-42-45-54(58)63-49-53(67-56(60)47-44-41-38-35-32-28-24-21-18-15-12-9-6-3)51-65-68(61,62)64-50-52(48-57)66-55(59)46-43-40-37-34-31-27-23-20-17-14-11-8-5-2/h16,19,25-26,52-53,57H,4-15,17-18,20-24,27-51H2,1-3H3,(H,61,62)/b19-16-,26-25-. The fourth-order valence-electron chi connectivity index (χ4n) is 8.03. The van der Waals surface area contributed by atoms with E-state index in [4.69, 9.17) is 23.3 Å². The molecule has 12 heteroatoms. The van der Waals surface area contributed by atoms with Crippen LogP contribution in [-0.4, -0.2) is 66.5 Å². The van der Waals surface area contributed by atoms with E-state index in [0.717, 1.165) is 83.5 Å². The molecule has 11 nitrogen and oxygen atoms in total. The van der Waals surface area contributed by atoms with Crippen molar-refractivity contribution in [1.82, 2.24) is 0 Å². The largest absolute Gasteiger partial charge is 0.472 e. The van der Waals surface area contributed by atoms with E-state index in [0.29, 0.717) is 19.3 Å². The normalized spacial score (nSPS) is 13.5. The fourth-order valence-corrected chi connectivity index (χ4v) is 8.82. The molecule has 0 bridgehead atoms. The van der Waals surface area contributed by atoms with Crippen LogP contribution in [-0.2, 0) is 42.2 Å². The first kappa shape index (κ1) is 66.0. The number of allylic oxidation sites excluding steroid dienone is 4. The Morgan fingerprint density at radius 1 is 0.412 bits per heavy atom. The van der Waals surface area contributed by atoms with Crippen molar-refractivity contribution in [3.63, 3.8) is 0 Å². The van der Waals surface area contributed by atoms with Gasteiger partial charge in [0.15, 0.2) is 6.10 Å². The molecule has 0 aromatic rings. The Balaban J connectivity index is 4.70. The molecule has 0 radical (unpaired) electrons. The van der Waals surface area contributed by atoms with E-state index in [-0.39, 0.29) is 25.9 Å². The molecule has 0 saturated carbocycles. The minimum atomic E-state index is -4.74. The monoisotopic (exact) mass is 985 g/mol. The first-order valence-corrected chi connectivity index (χ1v) is 29.7. The molecule has 0 amide bonds. The van der Waals surface area contributed by atoms with E-state index in [1.165, 1.54) is 135 Å². The summed E-state index contributed by atoms with van der Waals surface area (Å²) in [5.74, 6) is -1.46. The number of unbranched alkanes of at least 4 members (excludes halogenated alkanes) is 32. The lowest BCUT2D eigenvalue weighted by molar-refractivity contribution is -0.161. The molecular formula is C56H105O11P. The summed E-state index contributed by atoms with van der Waals surface area (Å²) in [6, 6.07) is 0. The smallest absolute Gasteiger partial charge is 0.462 e. The molecule has 0 spiro atoms. The van der Waals surface area contributed by atoms with E-state index in [1.54, 1.807) is 0 Å². The van der Waals surface area contributed by atoms with Gasteiger partial charge in [-0.25, -0.2) is 4.57 Å². The van der Waals surface area contributed by atoms with E-state index >= 15 is 0 Å². The van der Waals surface area contributed by atoms with Gasteiger partial charge in [0.25, 0.3) is 0 Å². The van der Waals surface area contributed by atoms with Crippen molar-refractivity contribution in [2.24, 2.45) is 0 Å². The Bertz CT molecular complexity index is 1240. The highest BCUT2D eigenvalue weighted by molar-refractivity contribution is 7.47. The molecule has 0 aliphatic heterocycles. The summed E-state index contributed by atoms with van der Waals surface area (Å²) in [6.45, 7) is 4.64. The van der Waals surface area contributed by atoms with Crippen LogP contribution in [0, 0.1) is 0 Å². The van der Waals surface area contributed by atoms with Crippen LogP contribution in [0.4, 0.5) is 0 Å². The van der Waals surface area contributed by atoms with E-state index in [2.05, 4.69) is 45.1 Å². The number of esters is 3. The number of phosphoric acid groups is 1. The molecule has 3 atom stereocenters. The van der Waals surface area contributed by atoms with Gasteiger partial charge in [-0.1, -0.05) is 231 Å². The summed E-state index contributed by atoms with van der Waals surface area (Å²) in [5.41, 5.74) is 0. The van der Waals surface area contributed by atoms with Crippen LogP contribution < -0.4 is 0 Å². The average molecular weight is 985 g/mol. The number of ether oxygens (including phenoxy) is 3. The van der Waals surface area contributed by atoms with Gasteiger partial charge in [-0.15, -0.1) is 0 Å². The molecular weight excluding hydrogens is 880 g/mol. The summed E-state index contributed by atoms with van der Waals surface area (Å²) in [7, 11) is -4.74. The number of aliphatic hydroxyl groups is 1. The number of carbonyl (C=O) groups is 3. The van der Waals surface area contributed by atoms with E-state index in [1.807, 2.05) is 0 Å². The molecule has 3 unspecified atom stereocenters. The maximum Gasteiger partial charge on any atom is 0.472 e. The lowest BCUT2D eigenvalue weighted by Gasteiger charge is -2.21. The minimum absolute atomic E-state index is 0.171. The SMILES string of the molecule is CCCCC/C=C\C/C=C\CCCCCCCC(=O)OCC(COP(=O)(O)OCC(CO)OC(=O)CCCCCCCCCCCCCCC)OC(=O)CCCCCCCCCCCCCCC. The average Bonchev–Trinajstić information content (AvgIpc) is 3.32. The molecule has 0 fully saturated rings. The first-order chi connectivity index (χ1) is 33.2. The van der Waals surface area contributed by atoms with Crippen LogP contribution in [0.3, 0.4) is 0 Å². The van der Waals surface area contributed by atoms with Gasteiger partial charge < -0.3 is 24.2 Å². The molecule has 0 aromatic heterocycles. The van der Waals surface area contributed by atoms with Crippen molar-refractivity contribution in [2.75, 3.05) is 26.4 Å². The number of aliphatic hydroxyl groups excluding tert-OH is 1. The lowest BCUT2D eigenvalue weighted by atomic mass is 10.0. The number of phosphoric ester groups is 1. The van der Waals surface area contributed by atoms with Gasteiger partial charge in [-0.2, -0.15) is 0 Å². The lowest BCUT2D eigenvalue weighted by Crippen LogP contribution is -2.30. The van der Waals surface area contributed by atoms with Gasteiger partial charge in [0.1, 0.15) is 12.7 Å². The molecule has 0 rings (SSSR count). The van der Waals surface area contributed by atoms with Crippen LogP contribution in [0.15, 0.2) is 24.3 Å². The van der Waals surface area contributed by atoms with Crippen molar-refractivity contribution in [3.8, 4) is 0 Å². The first-order valence-electron chi connectivity index (χ1n) is 28.2. The summed E-state index contributed by atoms with van der Waals surface area (Å²) < 4.78 is 39.5. The molecule has 2 N–H and O–H groups in total. The molecule has 68 heavy (non-hydrogen) atoms.